The molecule has 0 saturated carbocycles. The molecule has 0 saturated heterocycles. The zero-order chi connectivity index (χ0) is 16.4. The molecule has 1 aromatic carbocycles. The summed E-state index contributed by atoms with van der Waals surface area (Å²) < 4.78 is 0.530. The molecule has 8 heteroatoms. The second kappa shape index (κ2) is 6.37. The molecule has 0 aromatic heterocycles. The van der Waals surface area contributed by atoms with Crippen LogP contribution in [0, 0.1) is 13.7 Å². The Morgan fingerprint density at radius 1 is 1.38 bits per heavy atom. The minimum atomic E-state index is -1.14. The lowest BCUT2D eigenvalue weighted by atomic mass is 10.0. The summed E-state index contributed by atoms with van der Waals surface area (Å²) in [5.41, 5.74) is -0.799. The van der Waals surface area contributed by atoms with Crippen LogP contribution in [0.25, 0.3) is 0 Å². The number of amides is 1. The molecular formula is C13H15IN2O5. The van der Waals surface area contributed by atoms with Gasteiger partial charge in [-0.05, 0) is 49.4 Å². The highest BCUT2D eigenvalue weighted by Gasteiger charge is 2.31. The molecule has 0 fully saturated rings. The van der Waals surface area contributed by atoms with Gasteiger partial charge in [-0.25, -0.2) is 0 Å². The summed E-state index contributed by atoms with van der Waals surface area (Å²) in [5, 5.41) is 19.8. The van der Waals surface area contributed by atoms with Gasteiger partial charge in [-0.3, -0.25) is 19.7 Å². The van der Waals surface area contributed by atoms with Crippen molar-refractivity contribution in [3.05, 3.63) is 37.4 Å². The van der Waals surface area contributed by atoms with Gasteiger partial charge in [0.25, 0.3) is 11.6 Å². The van der Waals surface area contributed by atoms with Gasteiger partial charge in [0, 0.05) is 21.2 Å². The van der Waals surface area contributed by atoms with E-state index >= 15 is 0 Å². The third-order valence-corrected chi connectivity index (χ3v) is 3.68. The van der Waals surface area contributed by atoms with Gasteiger partial charge in [-0.1, -0.05) is 0 Å². The number of halogens is 1. The normalized spacial score (nSPS) is 11.0. The maximum Gasteiger partial charge on any atom is 0.323 e. The molecule has 21 heavy (non-hydrogen) atoms. The third-order valence-electron chi connectivity index (χ3n) is 2.74. The minimum absolute atomic E-state index is 0.126. The molecule has 1 rings (SSSR count). The van der Waals surface area contributed by atoms with E-state index in [1.807, 2.05) is 22.6 Å². The van der Waals surface area contributed by atoms with Crippen LogP contribution in [0.2, 0.25) is 0 Å². The lowest BCUT2D eigenvalue weighted by Gasteiger charge is -2.34. The van der Waals surface area contributed by atoms with Crippen LogP contribution < -0.4 is 0 Å². The van der Waals surface area contributed by atoms with Gasteiger partial charge >= 0.3 is 5.97 Å². The fourth-order valence-electron chi connectivity index (χ4n) is 1.68. The van der Waals surface area contributed by atoms with Crippen molar-refractivity contribution in [2.45, 2.75) is 26.3 Å². The van der Waals surface area contributed by atoms with Gasteiger partial charge in [-0.15, -0.1) is 0 Å². The number of carboxylic acid groups (broad SMARTS) is 1. The van der Waals surface area contributed by atoms with Crippen LogP contribution in [0.15, 0.2) is 18.2 Å². The van der Waals surface area contributed by atoms with E-state index in [2.05, 4.69) is 0 Å². The molecule has 1 N–H and O–H groups in total. The number of hydrogen-bond acceptors (Lipinski definition) is 4. The third kappa shape index (κ3) is 4.38. The van der Waals surface area contributed by atoms with Crippen molar-refractivity contribution in [1.82, 2.24) is 4.90 Å². The molecule has 0 aliphatic carbocycles. The zero-order valence-electron chi connectivity index (χ0n) is 11.8. The van der Waals surface area contributed by atoms with Crippen molar-refractivity contribution in [1.29, 1.82) is 0 Å². The Bertz CT molecular complexity index is 595. The Morgan fingerprint density at radius 3 is 2.38 bits per heavy atom. The van der Waals surface area contributed by atoms with Gasteiger partial charge < -0.3 is 10.0 Å². The van der Waals surface area contributed by atoms with Gasteiger partial charge in [0.1, 0.15) is 6.54 Å². The first-order valence-electron chi connectivity index (χ1n) is 6.01. The van der Waals surface area contributed by atoms with Crippen LogP contribution in [0.1, 0.15) is 31.1 Å². The van der Waals surface area contributed by atoms with E-state index in [1.165, 1.54) is 23.1 Å². The Hall–Kier alpha value is -1.71. The Kier molecular flexibility index (Phi) is 5.26. The molecule has 114 valence electrons. The first kappa shape index (κ1) is 17.3. The average Bonchev–Trinajstić information content (AvgIpc) is 2.34. The molecule has 7 nitrogen and oxygen atoms in total. The maximum atomic E-state index is 12.6. The van der Waals surface area contributed by atoms with Crippen LogP contribution in [0.3, 0.4) is 0 Å². The van der Waals surface area contributed by atoms with Crippen LogP contribution in [-0.2, 0) is 4.79 Å². The number of nitrogens with zero attached hydrogens (tertiary/aromatic N) is 2. The highest BCUT2D eigenvalue weighted by atomic mass is 127. The summed E-state index contributed by atoms with van der Waals surface area (Å²) in [6, 6.07) is 3.94. The van der Waals surface area contributed by atoms with Crippen LogP contribution >= 0.6 is 22.6 Å². The molecule has 0 bridgehead atoms. The predicted molar refractivity (Wildman–Crippen MR) is 84.2 cm³/mol. The lowest BCUT2D eigenvalue weighted by Crippen LogP contribution is -2.48. The first-order chi connectivity index (χ1) is 9.54. The average molecular weight is 406 g/mol. The lowest BCUT2D eigenvalue weighted by molar-refractivity contribution is -0.384. The van der Waals surface area contributed by atoms with Crippen molar-refractivity contribution >= 4 is 40.2 Å². The summed E-state index contributed by atoms with van der Waals surface area (Å²) >= 11 is 1.89. The van der Waals surface area contributed by atoms with Gasteiger partial charge in [0.2, 0.25) is 0 Å². The quantitative estimate of drug-likeness (QED) is 0.471. The standard InChI is InChI=1S/C13H15IN2O5/c1-13(2,3)15(7-11(17)18)12(19)9-6-8(16(20)21)4-5-10(9)14/h4-6H,7H2,1-3H3,(H,17,18). The molecule has 0 spiro atoms. The molecule has 1 amide bonds. The second-order valence-electron chi connectivity index (χ2n) is 5.38. The van der Waals surface area contributed by atoms with E-state index in [1.54, 1.807) is 20.8 Å². The van der Waals surface area contributed by atoms with Gasteiger partial charge in [-0.2, -0.15) is 0 Å². The van der Waals surface area contributed by atoms with E-state index in [0.29, 0.717) is 3.57 Å². The van der Waals surface area contributed by atoms with E-state index in [4.69, 9.17) is 5.11 Å². The number of carbonyl (C=O) groups is 2. The zero-order valence-corrected chi connectivity index (χ0v) is 13.9. The van der Waals surface area contributed by atoms with E-state index in [0.717, 1.165) is 0 Å². The minimum Gasteiger partial charge on any atom is -0.480 e. The Balaban J connectivity index is 3.29. The van der Waals surface area contributed by atoms with Crippen LogP contribution in [0.4, 0.5) is 5.69 Å². The highest BCUT2D eigenvalue weighted by Crippen LogP contribution is 2.24. The SMILES string of the molecule is CC(C)(C)N(CC(=O)O)C(=O)c1cc([N+](=O)[O-])ccc1I. The Labute approximate surface area is 135 Å². The van der Waals surface area contributed by atoms with E-state index in [-0.39, 0.29) is 11.3 Å². The number of aliphatic carboxylic acids is 1. The number of benzene rings is 1. The monoisotopic (exact) mass is 406 g/mol. The van der Waals surface area contributed by atoms with Gasteiger partial charge in [0.05, 0.1) is 10.5 Å². The number of non-ortho nitro benzene ring substituents is 1. The predicted octanol–water partition coefficient (Wildman–Crippen LogP) is 2.52. The fourth-order valence-corrected chi connectivity index (χ4v) is 2.25. The highest BCUT2D eigenvalue weighted by molar-refractivity contribution is 14.1. The number of hydrogen-bond donors (Lipinski definition) is 1. The van der Waals surface area contributed by atoms with Crippen molar-refractivity contribution in [2.75, 3.05) is 6.54 Å². The molecular weight excluding hydrogens is 391 g/mol. The smallest absolute Gasteiger partial charge is 0.323 e. The summed E-state index contributed by atoms with van der Waals surface area (Å²) in [7, 11) is 0. The number of nitro groups is 1. The van der Waals surface area contributed by atoms with Crippen molar-refractivity contribution in [2.24, 2.45) is 0 Å². The van der Waals surface area contributed by atoms with Crippen molar-refractivity contribution in [3.8, 4) is 0 Å². The fraction of sp³-hybridized carbons (Fsp3) is 0.385. The topological polar surface area (TPSA) is 101 Å². The summed E-state index contributed by atoms with van der Waals surface area (Å²) in [4.78, 5) is 34.9. The largest absolute Gasteiger partial charge is 0.480 e. The summed E-state index contributed by atoms with van der Waals surface area (Å²) in [6.07, 6.45) is 0. The Morgan fingerprint density at radius 2 is 1.95 bits per heavy atom. The molecule has 1 aromatic rings. The molecule has 0 aliphatic rings. The molecule has 0 unspecified atom stereocenters. The van der Waals surface area contributed by atoms with E-state index in [9.17, 15) is 19.7 Å². The number of rotatable bonds is 4. The number of carboxylic acids is 1. The summed E-state index contributed by atoms with van der Waals surface area (Å²) in [6.45, 7) is 4.65. The molecule has 0 aliphatic heterocycles. The van der Waals surface area contributed by atoms with Crippen LogP contribution in [-0.4, -0.2) is 38.9 Å². The second-order valence-corrected chi connectivity index (χ2v) is 6.54. The number of nitro benzene ring substituents is 1. The first-order valence-corrected chi connectivity index (χ1v) is 7.09. The molecule has 0 atom stereocenters. The summed E-state index contributed by atoms with van der Waals surface area (Å²) in [5.74, 6) is -1.68. The molecule has 0 heterocycles. The van der Waals surface area contributed by atoms with Crippen LogP contribution in [0.5, 0.6) is 0 Å². The molecule has 0 radical (unpaired) electrons. The van der Waals surface area contributed by atoms with Crippen molar-refractivity contribution in [3.63, 3.8) is 0 Å². The number of carbonyl (C=O) groups excluding carboxylic acids is 1. The maximum absolute atomic E-state index is 12.6. The van der Waals surface area contributed by atoms with E-state index < -0.39 is 28.9 Å². The van der Waals surface area contributed by atoms with Gasteiger partial charge in [0.15, 0.2) is 0 Å². The van der Waals surface area contributed by atoms with Crippen molar-refractivity contribution < 1.29 is 19.6 Å².